The second kappa shape index (κ2) is 15.5. The first-order valence-corrected chi connectivity index (χ1v) is 20.0. The van der Waals surface area contributed by atoms with Gasteiger partial charge in [0.1, 0.15) is 5.82 Å². The van der Waals surface area contributed by atoms with Gasteiger partial charge in [-0.25, -0.2) is 4.98 Å². The van der Waals surface area contributed by atoms with Crippen LogP contribution in [0.2, 0.25) is 0 Å². The molecule has 9 rings (SSSR count). The standard InChI is InChI=1S/C49H45N7O/c1-3-17-45-50-47-35(2)32-41(54-31-16-15-26-46(54)57)33-44(47)55(45)34-36-27-29-37(30-28-36)42-24-13-14-25-43(42)48-51-53-56(52-48)49(38-18-7-4-8-19-38,39-20-9-5-10-21-39)40-22-11-6-12-23-40/h4-14,18-25,27-30,32-33H,3,15-17,26,31,34H2,1-2H3. The molecule has 3 heterocycles. The fourth-order valence-corrected chi connectivity index (χ4v) is 8.50. The minimum Gasteiger partial charge on any atom is -0.323 e. The second-order valence-electron chi connectivity index (χ2n) is 15.0. The Morgan fingerprint density at radius 2 is 1.32 bits per heavy atom. The van der Waals surface area contributed by atoms with Gasteiger partial charge in [-0.1, -0.05) is 146 Å². The van der Waals surface area contributed by atoms with Crippen molar-refractivity contribution in [1.82, 2.24) is 29.8 Å². The zero-order valence-corrected chi connectivity index (χ0v) is 32.4. The van der Waals surface area contributed by atoms with E-state index in [9.17, 15) is 4.79 Å². The van der Waals surface area contributed by atoms with Gasteiger partial charge in [-0.15, -0.1) is 15.0 Å². The molecular weight excluding hydrogens is 703 g/mol. The predicted molar refractivity (Wildman–Crippen MR) is 227 cm³/mol. The highest BCUT2D eigenvalue weighted by Gasteiger charge is 2.41. The van der Waals surface area contributed by atoms with Gasteiger partial charge in [0.2, 0.25) is 11.7 Å². The maximum Gasteiger partial charge on any atom is 0.226 e. The molecule has 8 aromatic rings. The molecule has 0 bridgehead atoms. The van der Waals surface area contributed by atoms with Crippen LogP contribution in [0.1, 0.15) is 66.2 Å². The van der Waals surface area contributed by atoms with Crippen molar-refractivity contribution in [1.29, 1.82) is 0 Å². The van der Waals surface area contributed by atoms with Gasteiger partial charge in [-0.05, 0) is 82.5 Å². The third kappa shape index (κ3) is 6.61. The molecule has 8 heteroatoms. The highest BCUT2D eigenvalue weighted by molar-refractivity contribution is 5.96. The summed E-state index contributed by atoms with van der Waals surface area (Å²) in [6.07, 6.45) is 4.48. The summed E-state index contributed by atoms with van der Waals surface area (Å²) in [7, 11) is 0. The molecule has 282 valence electrons. The van der Waals surface area contributed by atoms with Crippen LogP contribution >= 0.6 is 0 Å². The molecule has 1 aliphatic rings. The highest BCUT2D eigenvalue weighted by atomic mass is 16.2. The number of hydrogen-bond donors (Lipinski definition) is 0. The number of fused-ring (bicyclic) bond motifs is 1. The number of piperidine rings is 1. The number of carbonyl (C=O) groups excluding carboxylic acids is 1. The Morgan fingerprint density at radius 1 is 0.702 bits per heavy atom. The molecule has 0 atom stereocenters. The van der Waals surface area contributed by atoms with E-state index >= 15 is 0 Å². The fourth-order valence-electron chi connectivity index (χ4n) is 8.50. The molecule has 0 spiro atoms. The number of carbonyl (C=O) groups is 1. The van der Waals surface area contributed by atoms with Crippen molar-refractivity contribution in [2.75, 3.05) is 11.4 Å². The van der Waals surface area contributed by atoms with Gasteiger partial charge in [0.25, 0.3) is 0 Å². The van der Waals surface area contributed by atoms with Gasteiger partial charge in [0.05, 0.1) is 11.0 Å². The average molecular weight is 748 g/mol. The molecule has 0 saturated carbocycles. The summed E-state index contributed by atoms with van der Waals surface area (Å²) < 4.78 is 2.34. The zero-order valence-electron chi connectivity index (χ0n) is 32.4. The quantitative estimate of drug-likeness (QED) is 0.123. The molecule has 57 heavy (non-hydrogen) atoms. The monoisotopic (exact) mass is 747 g/mol. The van der Waals surface area contributed by atoms with Crippen molar-refractivity contribution in [3.63, 3.8) is 0 Å². The van der Waals surface area contributed by atoms with Crippen molar-refractivity contribution in [3.05, 3.63) is 185 Å². The van der Waals surface area contributed by atoms with E-state index in [1.165, 1.54) is 5.56 Å². The number of nitrogens with zero attached hydrogens (tertiary/aromatic N) is 7. The van der Waals surface area contributed by atoms with Gasteiger partial charge in [0.15, 0.2) is 5.54 Å². The first kappa shape index (κ1) is 36.0. The van der Waals surface area contributed by atoms with Crippen LogP contribution in [0.5, 0.6) is 0 Å². The van der Waals surface area contributed by atoms with E-state index in [1.807, 2.05) is 29.2 Å². The molecule has 6 aromatic carbocycles. The lowest BCUT2D eigenvalue weighted by Crippen LogP contribution is -2.39. The number of anilines is 1. The summed E-state index contributed by atoms with van der Waals surface area (Å²) in [6, 6.07) is 52.6. The Hall–Kier alpha value is -6.67. The summed E-state index contributed by atoms with van der Waals surface area (Å²) in [6.45, 7) is 5.75. The highest BCUT2D eigenvalue weighted by Crippen LogP contribution is 2.40. The van der Waals surface area contributed by atoms with Crippen molar-refractivity contribution < 1.29 is 4.79 Å². The van der Waals surface area contributed by atoms with Crippen molar-refractivity contribution in [2.24, 2.45) is 0 Å². The van der Waals surface area contributed by atoms with Crippen LogP contribution in [-0.4, -0.2) is 42.2 Å². The molecule has 1 saturated heterocycles. The van der Waals surface area contributed by atoms with Crippen LogP contribution in [0.15, 0.2) is 152 Å². The third-order valence-corrected chi connectivity index (χ3v) is 11.3. The number of amides is 1. The number of aryl methyl sites for hydroxylation is 2. The first-order valence-electron chi connectivity index (χ1n) is 20.0. The minimum atomic E-state index is -0.859. The van der Waals surface area contributed by atoms with Crippen LogP contribution < -0.4 is 4.90 Å². The number of benzene rings is 6. The summed E-state index contributed by atoms with van der Waals surface area (Å²) in [5.41, 5.74) is 10.6. The van der Waals surface area contributed by atoms with E-state index in [4.69, 9.17) is 20.4 Å². The fraction of sp³-hybridized carbons (Fsp3) is 0.204. The Morgan fingerprint density at radius 3 is 1.93 bits per heavy atom. The van der Waals surface area contributed by atoms with Crippen LogP contribution in [0.4, 0.5) is 5.69 Å². The lowest BCUT2D eigenvalue weighted by atomic mass is 9.77. The first-order chi connectivity index (χ1) is 28.0. The van der Waals surface area contributed by atoms with Gasteiger partial charge in [-0.2, -0.15) is 0 Å². The topological polar surface area (TPSA) is 81.7 Å². The molecule has 0 N–H and O–H groups in total. The predicted octanol–water partition coefficient (Wildman–Crippen LogP) is 10.0. The lowest BCUT2D eigenvalue weighted by molar-refractivity contribution is -0.119. The summed E-state index contributed by atoms with van der Waals surface area (Å²) >= 11 is 0. The van der Waals surface area contributed by atoms with Gasteiger partial charge in [0, 0.05) is 37.2 Å². The average Bonchev–Trinajstić information content (AvgIpc) is 3.89. The van der Waals surface area contributed by atoms with E-state index in [-0.39, 0.29) is 5.91 Å². The Kier molecular flexibility index (Phi) is 9.76. The molecule has 0 radical (unpaired) electrons. The van der Waals surface area contributed by atoms with Gasteiger partial charge >= 0.3 is 0 Å². The van der Waals surface area contributed by atoms with Crippen LogP contribution in [0.3, 0.4) is 0 Å². The summed E-state index contributed by atoms with van der Waals surface area (Å²) in [5.74, 6) is 1.82. The largest absolute Gasteiger partial charge is 0.323 e. The van der Waals surface area contributed by atoms with E-state index in [0.29, 0.717) is 18.8 Å². The molecule has 0 unspecified atom stereocenters. The van der Waals surface area contributed by atoms with Crippen molar-refractivity contribution in [3.8, 4) is 22.5 Å². The number of tetrazole rings is 1. The van der Waals surface area contributed by atoms with E-state index in [1.54, 1.807) is 4.80 Å². The van der Waals surface area contributed by atoms with Crippen LogP contribution in [0.25, 0.3) is 33.5 Å². The van der Waals surface area contributed by atoms with E-state index in [0.717, 1.165) is 93.7 Å². The molecular formula is C49H45N7O. The minimum absolute atomic E-state index is 0.205. The Labute approximate surface area is 333 Å². The second-order valence-corrected chi connectivity index (χ2v) is 15.0. The number of aromatic nitrogens is 6. The van der Waals surface area contributed by atoms with Crippen LogP contribution in [-0.2, 0) is 23.3 Å². The molecule has 0 aliphatic carbocycles. The SMILES string of the molecule is CCCc1nc2c(C)cc(N3CCCCC3=O)cc2n1Cc1ccc(-c2ccccc2-c2nnn(C(c3ccccc3)(c3ccccc3)c3ccccc3)n2)cc1. The molecule has 2 aromatic heterocycles. The van der Waals surface area contributed by atoms with Crippen LogP contribution in [0, 0.1) is 6.92 Å². The Bertz CT molecular complexity index is 2550. The number of imidazole rings is 1. The smallest absolute Gasteiger partial charge is 0.226 e. The molecule has 1 amide bonds. The summed E-state index contributed by atoms with van der Waals surface area (Å²) in [5, 5.41) is 14.8. The number of rotatable bonds is 11. The van der Waals surface area contributed by atoms with Gasteiger partial charge in [-0.3, -0.25) is 4.79 Å². The van der Waals surface area contributed by atoms with E-state index in [2.05, 4.69) is 146 Å². The molecule has 1 fully saturated rings. The van der Waals surface area contributed by atoms with Crippen molar-refractivity contribution in [2.45, 2.75) is 58.0 Å². The molecule has 1 aliphatic heterocycles. The summed E-state index contributed by atoms with van der Waals surface area (Å²) in [4.78, 5) is 21.8. The lowest BCUT2D eigenvalue weighted by Gasteiger charge is -2.34. The van der Waals surface area contributed by atoms with Gasteiger partial charge < -0.3 is 9.47 Å². The maximum atomic E-state index is 12.9. The third-order valence-electron chi connectivity index (χ3n) is 11.3. The maximum absolute atomic E-state index is 12.9. The normalized spacial score (nSPS) is 13.4. The number of hydrogen-bond acceptors (Lipinski definition) is 5. The van der Waals surface area contributed by atoms with Crippen molar-refractivity contribution >= 4 is 22.6 Å². The Balaban J connectivity index is 1.08. The zero-order chi connectivity index (χ0) is 38.8. The van der Waals surface area contributed by atoms with E-state index < -0.39 is 5.54 Å². The molecule has 8 nitrogen and oxygen atoms in total.